The summed E-state index contributed by atoms with van der Waals surface area (Å²) >= 11 is 0. The Morgan fingerprint density at radius 3 is 2.00 bits per heavy atom. The predicted octanol–water partition coefficient (Wildman–Crippen LogP) is -2.13. The minimum Gasteiger partial charge on any atom is -0.506 e. The molecule has 15 nitrogen and oxygen atoms in total. The van der Waals surface area contributed by atoms with E-state index in [0.29, 0.717) is 5.56 Å². The average Bonchev–Trinajstić information content (AvgIpc) is 3.00. The second kappa shape index (κ2) is 12.3. The first-order chi connectivity index (χ1) is 20.5. The Bertz CT molecular complexity index is 1490. The highest BCUT2D eigenvalue weighted by Gasteiger charge is 2.47. The number of aliphatic hydroxyl groups is 8. The van der Waals surface area contributed by atoms with Crippen LogP contribution in [0.15, 0.2) is 45.6 Å². The van der Waals surface area contributed by atoms with E-state index in [4.69, 9.17) is 23.4 Å². The minimum absolute atomic E-state index is 0.0714. The zero-order valence-corrected chi connectivity index (χ0v) is 22.6. The number of benzene rings is 2. The molecule has 9 N–H and O–H groups in total. The van der Waals surface area contributed by atoms with Gasteiger partial charge < -0.3 is 69.3 Å². The SMILES string of the molecule is COc1cc2oc(-c3ccc(O[C@@H]4O[C@H](CO)[C@@H](O)[C@H](O)[C@H]4O)cc3)cc(=O)c2c(O)c1[C@H]1O[C@H](CO)[C@@H](O)[C@H](O)[C@@H]1O. The maximum atomic E-state index is 13.2. The Labute approximate surface area is 242 Å². The molecule has 43 heavy (non-hydrogen) atoms. The van der Waals surface area contributed by atoms with Gasteiger partial charge in [0.05, 0.1) is 25.9 Å². The number of rotatable bonds is 7. The normalized spacial score (nSPS) is 33.0. The molecule has 234 valence electrons. The van der Waals surface area contributed by atoms with Gasteiger partial charge in [0.15, 0.2) is 5.43 Å². The highest BCUT2D eigenvalue weighted by Crippen LogP contribution is 2.45. The van der Waals surface area contributed by atoms with Crippen molar-refractivity contribution in [1.82, 2.24) is 0 Å². The van der Waals surface area contributed by atoms with Crippen LogP contribution in [0.5, 0.6) is 17.2 Å². The maximum Gasteiger partial charge on any atom is 0.229 e. The molecule has 3 heterocycles. The summed E-state index contributed by atoms with van der Waals surface area (Å²) < 4.78 is 27.7. The van der Waals surface area contributed by atoms with E-state index in [1.54, 1.807) is 0 Å². The Morgan fingerprint density at radius 2 is 1.40 bits per heavy atom. The lowest BCUT2D eigenvalue weighted by molar-refractivity contribution is -0.277. The molecule has 10 atom stereocenters. The van der Waals surface area contributed by atoms with Gasteiger partial charge in [0.2, 0.25) is 6.29 Å². The number of hydrogen-bond donors (Lipinski definition) is 9. The van der Waals surface area contributed by atoms with Crippen LogP contribution < -0.4 is 14.9 Å². The van der Waals surface area contributed by atoms with E-state index in [9.17, 15) is 50.8 Å². The van der Waals surface area contributed by atoms with Crippen LogP contribution in [-0.4, -0.2) is 121 Å². The van der Waals surface area contributed by atoms with Crippen molar-refractivity contribution in [1.29, 1.82) is 0 Å². The van der Waals surface area contributed by atoms with Gasteiger partial charge in [-0.1, -0.05) is 0 Å². The molecule has 0 saturated carbocycles. The highest BCUT2D eigenvalue weighted by atomic mass is 16.7. The van der Waals surface area contributed by atoms with Gasteiger partial charge in [-0.2, -0.15) is 0 Å². The number of aliphatic hydroxyl groups excluding tert-OH is 8. The third-order valence-electron chi connectivity index (χ3n) is 7.63. The molecule has 1 aromatic heterocycles. The van der Waals surface area contributed by atoms with Crippen LogP contribution in [0, 0.1) is 0 Å². The summed E-state index contributed by atoms with van der Waals surface area (Å²) in [5.41, 5.74) is -0.561. The van der Waals surface area contributed by atoms with E-state index in [1.165, 1.54) is 37.4 Å². The lowest BCUT2D eigenvalue weighted by Gasteiger charge is -2.40. The van der Waals surface area contributed by atoms with Gasteiger partial charge in [-0.25, -0.2) is 0 Å². The molecule has 0 unspecified atom stereocenters. The smallest absolute Gasteiger partial charge is 0.229 e. The molecule has 2 aliphatic heterocycles. The van der Waals surface area contributed by atoms with E-state index >= 15 is 0 Å². The molecule has 2 fully saturated rings. The zero-order valence-electron chi connectivity index (χ0n) is 22.6. The van der Waals surface area contributed by atoms with Crippen molar-refractivity contribution in [2.75, 3.05) is 20.3 Å². The first kappa shape index (κ1) is 31.1. The first-order valence-corrected chi connectivity index (χ1v) is 13.3. The quantitative estimate of drug-likeness (QED) is 0.139. The Kier molecular flexibility index (Phi) is 8.92. The number of phenolic OH excluding ortho intramolecular Hbond substituents is 1. The zero-order chi connectivity index (χ0) is 31.2. The third-order valence-corrected chi connectivity index (χ3v) is 7.63. The Balaban J connectivity index is 1.45. The third kappa shape index (κ3) is 5.56. The van der Waals surface area contributed by atoms with Crippen molar-refractivity contribution in [2.45, 2.75) is 61.2 Å². The van der Waals surface area contributed by atoms with Crippen LogP contribution in [-0.2, 0) is 9.47 Å². The summed E-state index contributed by atoms with van der Waals surface area (Å²) in [6, 6.07) is 8.35. The van der Waals surface area contributed by atoms with Gasteiger partial charge in [-0.15, -0.1) is 0 Å². The lowest BCUT2D eigenvalue weighted by atomic mass is 9.89. The maximum absolute atomic E-state index is 13.2. The molecule has 0 bridgehead atoms. The summed E-state index contributed by atoms with van der Waals surface area (Å²) in [5.74, 6) is -0.459. The molecule has 15 heteroatoms. The summed E-state index contributed by atoms with van der Waals surface area (Å²) in [6.07, 6.45) is -15.2. The van der Waals surface area contributed by atoms with Crippen LogP contribution in [0.2, 0.25) is 0 Å². The highest BCUT2D eigenvalue weighted by molar-refractivity contribution is 5.88. The minimum atomic E-state index is -1.75. The molecule has 2 aliphatic rings. The van der Waals surface area contributed by atoms with Gasteiger partial charge in [0.1, 0.15) is 88.9 Å². The van der Waals surface area contributed by atoms with Gasteiger partial charge in [-0.3, -0.25) is 4.79 Å². The molecular weight excluding hydrogens is 576 g/mol. The number of hydrogen-bond acceptors (Lipinski definition) is 15. The molecule has 3 aromatic rings. The Hall–Kier alpha value is -3.35. The van der Waals surface area contributed by atoms with Gasteiger partial charge in [0.25, 0.3) is 0 Å². The largest absolute Gasteiger partial charge is 0.506 e. The van der Waals surface area contributed by atoms with E-state index in [1.807, 2.05) is 0 Å². The van der Waals surface area contributed by atoms with Crippen LogP contribution in [0.3, 0.4) is 0 Å². The summed E-state index contributed by atoms with van der Waals surface area (Å²) in [4.78, 5) is 13.2. The van der Waals surface area contributed by atoms with Crippen molar-refractivity contribution in [3.63, 3.8) is 0 Å². The van der Waals surface area contributed by atoms with E-state index in [2.05, 4.69) is 0 Å². The molecule has 0 radical (unpaired) electrons. The van der Waals surface area contributed by atoms with Gasteiger partial charge in [-0.05, 0) is 24.3 Å². The second-order valence-corrected chi connectivity index (χ2v) is 10.3. The van der Waals surface area contributed by atoms with Crippen molar-refractivity contribution >= 4 is 11.0 Å². The van der Waals surface area contributed by atoms with Crippen molar-refractivity contribution in [2.24, 2.45) is 0 Å². The second-order valence-electron chi connectivity index (χ2n) is 10.3. The van der Waals surface area contributed by atoms with Crippen molar-refractivity contribution in [3.8, 4) is 28.6 Å². The fourth-order valence-electron chi connectivity index (χ4n) is 5.22. The predicted molar refractivity (Wildman–Crippen MR) is 143 cm³/mol. The van der Waals surface area contributed by atoms with Gasteiger partial charge in [0, 0.05) is 17.7 Å². The van der Waals surface area contributed by atoms with Crippen LogP contribution in [0.4, 0.5) is 0 Å². The fraction of sp³-hybridized carbons (Fsp3) is 0.464. The van der Waals surface area contributed by atoms with Crippen LogP contribution in [0.1, 0.15) is 11.7 Å². The molecule has 0 spiro atoms. The number of phenols is 1. The number of ether oxygens (including phenoxy) is 4. The summed E-state index contributed by atoms with van der Waals surface area (Å²) in [7, 11) is 1.25. The van der Waals surface area contributed by atoms with Crippen molar-refractivity contribution < 1.29 is 69.3 Å². The van der Waals surface area contributed by atoms with E-state index in [0.717, 1.165) is 6.07 Å². The molecule has 0 amide bonds. The average molecular weight is 609 g/mol. The summed E-state index contributed by atoms with van der Waals surface area (Å²) in [5, 5.41) is 90.8. The topological polar surface area (TPSA) is 249 Å². The van der Waals surface area contributed by atoms with Crippen LogP contribution in [0.25, 0.3) is 22.3 Å². The molecule has 2 saturated heterocycles. The Morgan fingerprint density at radius 1 is 0.791 bits per heavy atom. The fourth-order valence-corrected chi connectivity index (χ4v) is 5.22. The standard InChI is InChI=1S/C28H32O15/c1-39-14-7-15-18(22(34)19(14)27-25(37)23(35)20(32)16(8-29)42-27)12(31)6-13(41-15)10-2-4-11(5-3-10)40-28-26(38)24(36)21(33)17(9-30)43-28/h2-7,16-17,20-21,23-30,32-38H,8-9H2,1H3/t16-,17-,20-,21-,23+,24+,25+,26-,27-,28-/m1/s1. The number of methoxy groups -OCH3 is 1. The van der Waals surface area contributed by atoms with Crippen molar-refractivity contribution in [3.05, 3.63) is 52.2 Å². The van der Waals surface area contributed by atoms with E-state index in [-0.39, 0.29) is 33.8 Å². The molecule has 0 aliphatic carbocycles. The van der Waals surface area contributed by atoms with E-state index < -0.39 is 85.6 Å². The molecule has 2 aromatic carbocycles. The molecular formula is C28H32O15. The molecule has 5 rings (SSSR count). The lowest BCUT2D eigenvalue weighted by Crippen LogP contribution is -2.60. The van der Waals surface area contributed by atoms with Crippen LogP contribution >= 0.6 is 0 Å². The first-order valence-electron chi connectivity index (χ1n) is 13.3. The number of fused-ring (bicyclic) bond motifs is 1. The monoisotopic (exact) mass is 608 g/mol. The van der Waals surface area contributed by atoms with Gasteiger partial charge >= 0.3 is 0 Å². The summed E-state index contributed by atoms with van der Waals surface area (Å²) in [6.45, 7) is -1.31. The number of aromatic hydroxyl groups is 1.